The second-order valence-corrected chi connectivity index (χ2v) is 4.85. The molecule has 98 valence electrons. The maximum atomic E-state index is 11.9. The minimum Gasteiger partial charge on any atom is -0.313 e. The molecule has 0 aliphatic carbocycles. The van der Waals surface area contributed by atoms with Crippen LogP contribution in [-0.2, 0) is 11.3 Å². The van der Waals surface area contributed by atoms with E-state index in [1.807, 2.05) is 17.0 Å². The Kier molecular flexibility index (Phi) is 4.76. The zero-order valence-corrected chi connectivity index (χ0v) is 11.1. The van der Waals surface area contributed by atoms with Crippen LogP contribution >= 0.6 is 0 Å². The summed E-state index contributed by atoms with van der Waals surface area (Å²) in [5.41, 5.74) is 2.30. The third kappa shape index (κ3) is 3.33. The normalized spacial score (nSPS) is 16.1. The lowest BCUT2D eigenvalue weighted by Gasteiger charge is -2.27. The van der Waals surface area contributed by atoms with Crippen LogP contribution in [0, 0.1) is 0 Å². The fourth-order valence-electron chi connectivity index (χ4n) is 2.32. The zero-order valence-electron chi connectivity index (χ0n) is 11.1. The second kappa shape index (κ2) is 6.55. The number of piperidine rings is 1. The summed E-state index contributed by atoms with van der Waals surface area (Å²) in [6, 6.07) is 8.32. The van der Waals surface area contributed by atoms with E-state index in [0.717, 1.165) is 44.6 Å². The molecule has 0 bridgehead atoms. The largest absolute Gasteiger partial charge is 0.313 e. The number of nitrogens with one attached hydrogen (secondary N) is 1. The minimum atomic E-state index is 0.264. The van der Waals surface area contributed by atoms with Crippen molar-refractivity contribution in [1.29, 1.82) is 0 Å². The first-order chi connectivity index (χ1) is 8.81. The molecule has 1 aliphatic heterocycles. The molecule has 0 aromatic heterocycles. The van der Waals surface area contributed by atoms with Crippen molar-refractivity contribution in [3.05, 3.63) is 29.8 Å². The number of carbonyl (C=O) groups excluding carboxylic acids is 1. The Bertz CT molecular complexity index is 403. The summed E-state index contributed by atoms with van der Waals surface area (Å²) in [7, 11) is 0. The smallest absolute Gasteiger partial charge is 0.226 e. The summed E-state index contributed by atoms with van der Waals surface area (Å²) in [6.45, 7) is 4.94. The molecule has 0 spiro atoms. The molecule has 18 heavy (non-hydrogen) atoms. The zero-order chi connectivity index (χ0) is 12.8. The van der Waals surface area contributed by atoms with Gasteiger partial charge in [0.05, 0.1) is 0 Å². The van der Waals surface area contributed by atoms with Crippen LogP contribution in [0.4, 0.5) is 5.69 Å². The first-order valence-corrected chi connectivity index (χ1v) is 6.91. The number of hydrogen-bond acceptors (Lipinski definition) is 2. The van der Waals surface area contributed by atoms with Gasteiger partial charge in [0.25, 0.3) is 0 Å². The van der Waals surface area contributed by atoms with Gasteiger partial charge in [-0.25, -0.2) is 0 Å². The summed E-state index contributed by atoms with van der Waals surface area (Å²) in [5.74, 6) is 0.264. The molecule has 0 unspecified atom stereocenters. The number of benzene rings is 1. The van der Waals surface area contributed by atoms with Crippen LogP contribution in [0.1, 0.15) is 38.2 Å². The number of hydrogen-bond donors (Lipinski definition) is 1. The highest BCUT2D eigenvalue weighted by molar-refractivity contribution is 5.94. The number of rotatable bonds is 5. The molecule has 1 aromatic rings. The molecule has 3 nitrogen and oxygen atoms in total. The van der Waals surface area contributed by atoms with Crippen molar-refractivity contribution < 1.29 is 4.79 Å². The average molecular weight is 246 g/mol. The number of anilines is 1. The first kappa shape index (κ1) is 13.1. The van der Waals surface area contributed by atoms with E-state index in [0.29, 0.717) is 6.42 Å². The van der Waals surface area contributed by atoms with E-state index in [1.165, 1.54) is 5.56 Å². The van der Waals surface area contributed by atoms with Gasteiger partial charge in [0.2, 0.25) is 5.91 Å². The molecule has 0 radical (unpaired) electrons. The van der Waals surface area contributed by atoms with Gasteiger partial charge in [-0.2, -0.15) is 0 Å². The highest BCUT2D eigenvalue weighted by atomic mass is 16.2. The topological polar surface area (TPSA) is 32.3 Å². The molecule has 0 atom stereocenters. The van der Waals surface area contributed by atoms with Crippen molar-refractivity contribution in [3.8, 4) is 0 Å². The second-order valence-electron chi connectivity index (χ2n) is 4.85. The van der Waals surface area contributed by atoms with Crippen LogP contribution in [0.3, 0.4) is 0 Å². The summed E-state index contributed by atoms with van der Waals surface area (Å²) < 4.78 is 0. The predicted molar refractivity (Wildman–Crippen MR) is 74.6 cm³/mol. The molecule has 1 heterocycles. The van der Waals surface area contributed by atoms with E-state index in [1.54, 1.807) is 0 Å². The summed E-state index contributed by atoms with van der Waals surface area (Å²) in [4.78, 5) is 13.8. The maximum absolute atomic E-state index is 11.9. The van der Waals surface area contributed by atoms with E-state index in [4.69, 9.17) is 0 Å². The molecule has 1 fully saturated rings. The fourth-order valence-corrected chi connectivity index (χ4v) is 2.32. The molecule has 2 rings (SSSR count). The van der Waals surface area contributed by atoms with Gasteiger partial charge in [0.1, 0.15) is 0 Å². The standard InChI is InChI=1S/C15H22N2O/c1-2-9-16-12-13-6-5-7-14(11-13)17-10-4-3-8-15(17)18/h5-7,11,16H,2-4,8-10,12H2,1H3. The number of amides is 1. The third-order valence-corrected chi connectivity index (χ3v) is 3.30. The van der Waals surface area contributed by atoms with E-state index in [-0.39, 0.29) is 5.91 Å². The van der Waals surface area contributed by atoms with Gasteiger partial charge in [0.15, 0.2) is 0 Å². The predicted octanol–water partition coefficient (Wildman–Crippen LogP) is 2.70. The van der Waals surface area contributed by atoms with E-state index in [9.17, 15) is 4.79 Å². The quantitative estimate of drug-likeness (QED) is 0.810. The molecule has 0 saturated carbocycles. The van der Waals surface area contributed by atoms with Gasteiger partial charge in [-0.15, -0.1) is 0 Å². The van der Waals surface area contributed by atoms with Gasteiger partial charge < -0.3 is 10.2 Å². The van der Waals surface area contributed by atoms with Crippen molar-refractivity contribution in [1.82, 2.24) is 5.32 Å². The molecule has 1 aromatic carbocycles. The van der Waals surface area contributed by atoms with E-state index in [2.05, 4.69) is 24.4 Å². The summed E-state index contributed by atoms with van der Waals surface area (Å²) >= 11 is 0. The lowest BCUT2D eigenvalue weighted by Crippen LogP contribution is -2.35. The summed E-state index contributed by atoms with van der Waals surface area (Å²) in [5, 5.41) is 3.39. The van der Waals surface area contributed by atoms with Crippen LogP contribution < -0.4 is 10.2 Å². The fraction of sp³-hybridized carbons (Fsp3) is 0.533. The number of nitrogens with zero attached hydrogens (tertiary/aromatic N) is 1. The van der Waals surface area contributed by atoms with Gasteiger partial charge in [-0.1, -0.05) is 19.1 Å². The highest BCUT2D eigenvalue weighted by Gasteiger charge is 2.19. The van der Waals surface area contributed by atoms with Gasteiger partial charge in [-0.05, 0) is 43.5 Å². The van der Waals surface area contributed by atoms with Crippen LogP contribution in [0.15, 0.2) is 24.3 Å². The average Bonchev–Trinajstić information content (AvgIpc) is 2.40. The molecule has 3 heteroatoms. The van der Waals surface area contributed by atoms with Crippen LogP contribution in [0.5, 0.6) is 0 Å². The molecular formula is C15H22N2O. The lowest BCUT2D eigenvalue weighted by atomic mass is 10.1. The van der Waals surface area contributed by atoms with Crippen LogP contribution in [0.25, 0.3) is 0 Å². The molecule has 1 amide bonds. The van der Waals surface area contributed by atoms with Crippen molar-refractivity contribution in [2.24, 2.45) is 0 Å². The van der Waals surface area contributed by atoms with Crippen molar-refractivity contribution in [2.75, 3.05) is 18.0 Å². The monoisotopic (exact) mass is 246 g/mol. The van der Waals surface area contributed by atoms with Crippen molar-refractivity contribution >= 4 is 11.6 Å². The Hall–Kier alpha value is -1.35. The van der Waals surface area contributed by atoms with Gasteiger partial charge in [-0.3, -0.25) is 4.79 Å². The molecule has 1 N–H and O–H groups in total. The Balaban J connectivity index is 2.03. The van der Waals surface area contributed by atoms with Gasteiger partial charge in [0, 0.05) is 25.2 Å². The Morgan fingerprint density at radius 2 is 2.22 bits per heavy atom. The molecule has 1 aliphatic rings. The Morgan fingerprint density at radius 1 is 1.33 bits per heavy atom. The highest BCUT2D eigenvalue weighted by Crippen LogP contribution is 2.21. The Labute approximate surface area is 109 Å². The molecular weight excluding hydrogens is 224 g/mol. The SMILES string of the molecule is CCCNCc1cccc(N2CCCCC2=O)c1. The minimum absolute atomic E-state index is 0.264. The van der Waals surface area contributed by atoms with Crippen molar-refractivity contribution in [2.45, 2.75) is 39.2 Å². The van der Waals surface area contributed by atoms with Crippen molar-refractivity contribution in [3.63, 3.8) is 0 Å². The number of carbonyl (C=O) groups is 1. The third-order valence-electron chi connectivity index (χ3n) is 3.30. The Morgan fingerprint density at radius 3 is 3.00 bits per heavy atom. The molecule has 1 saturated heterocycles. The van der Waals surface area contributed by atoms with E-state index >= 15 is 0 Å². The maximum Gasteiger partial charge on any atom is 0.226 e. The van der Waals surface area contributed by atoms with Gasteiger partial charge >= 0.3 is 0 Å². The lowest BCUT2D eigenvalue weighted by molar-refractivity contribution is -0.119. The first-order valence-electron chi connectivity index (χ1n) is 6.91. The van der Waals surface area contributed by atoms with Crippen LogP contribution in [-0.4, -0.2) is 19.0 Å². The van der Waals surface area contributed by atoms with E-state index < -0.39 is 0 Å². The summed E-state index contributed by atoms with van der Waals surface area (Å²) in [6.07, 6.45) is 3.99. The van der Waals surface area contributed by atoms with Crippen LogP contribution in [0.2, 0.25) is 0 Å².